The summed E-state index contributed by atoms with van der Waals surface area (Å²) in [5.74, 6) is -0.184. The molecule has 1 saturated heterocycles. The molecule has 3 rings (SSSR count). The van der Waals surface area contributed by atoms with Crippen LogP contribution in [0.4, 0.5) is 11.4 Å². The average Bonchev–Trinajstić information content (AvgIpc) is 2.58. The van der Waals surface area contributed by atoms with Crippen molar-refractivity contribution in [3.63, 3.8) is 0 Å². The molecule has 138 valence electrons. The zero-order valence-corrected chi connectivity index (χ0v) is 16.3. The van der Waals surface area contributed by atoms with Crippen molar-refractivity contribution in [2.24, 2.45) is 0 Å². The molecule has 5 nitrogen and oxygen atoms in total. The molecular formula is C19H21ClN2O3S. The number of rotatable bonds is 3. The van der Waals surface area contributed by atoms with E-state index in [-0.39, 0.29) is 16.7 Å². The first-order valence-corrected chi connectivity index (χ1v) is 10.5. The van der Waals surface area contributed by atoms with Gasteiger partial charge in [-0.2, -0.15) is 0 Å². The molecule has 0 aliphatic carbocycles. The summed E-state index contributed by atoms with van der Waals surface area (Å²) >= 11 is 6.29. The Morgan fingerprint density at radius 1 is 1.15 bits per heavy atom. The Hall–Kier alpha value is -2.05. The molecule has 1 aliphatic rings. The van der Waals surface area contributed by atoms with Crippen LogP contribution in [-0.4, -0.2) is 26.6 Å². The highest BCUT2D eigenvalue weighted by Gasteiger charge is 2.26. The number of carbonyl (C=O) groups is 1. The van der Waals surface area contributed by atoms with Crippen LogP contribution in [0, 0.1) is 13.8 Å². The van der Waals surface area contributed by atoms with Gasteiger partial charge in [-0.3, -0.25) is 9.10 Å². The quantitative estimate of drug-likeness (QED) is 0.853. The van der Waals surface area contributed by atoms with Gasteiger partial charge in [-0.15, -0.1) is 0 Å². The molecule has 0 aromatic heterocycles. The zero-order valence-electron chi connectivity index (χ0n) is 14.8. The summed E-state index contributed by atoms with van der Waals surface area (Å²) in [5, 5.41) is 3.10. The smallest absolute Gasteiger partial charge is 0.257 e. The van der Waals surface area contributed by atoms with E-state index in [9.17, 15) is 13.2 Å². The van der Waals surface area contributed by atoms with Gasteiger partial charge in [-0.05, 0) is 62.1 Å². The number of amides is 1. The zero-order chi connectivity index (χ0) is 18.9. The summed E-state index contributed by atoms with van der Waals surface area (Å²) in [6, 6.07) is 10.4. The average molecular weight is 393 g/mol. The summed E-state index contributed by atoms with van der Waals surface area (Å²) in [5.41, 5.74) is 3.62. The molecule has 1 aliphatic heterocycles. The van der Waals surface area contributed by atoms with Crippen LogP contribution < -0.4 is 9.62 Å². The van der Waals surface area contributed by atoms with Crippen LogP contribution >= 0.6 is 11.6 Å². The first kappa shape index (κ1) is 18.7. The first-order chi connectivity index (χ1) is 12.3. The van der Waals surface area contributed by atoms with E-state index in [1.807, 2.05) is 32.0 Å². The summed E-state index contributed by atoms with van der Waals surface area (Å²) in [6.45, 7) is 4.36. The van der Waals surface area contributed by atoms with Crippen LogP contribution in [0.2, 0.25) is 5.02 Å². The van der Waals surface area contributed by atoms with Crippen molar-refractivity contribution in [2.45, 2.75) is 26.7 Å². The summed E-state index contributed by atoms with van der Waals surface area (Å²) < 4.78 is 25.8. The van der Waals surface area contributed by atoms with Gasteiger partial charge < -0.3 is 5.32 Å². The predicted octanol–water partition coefficient (Wildman–Crippen LogP) is 4.14. The van der Waals surface area contributed by atoms with Crippen LogP contribution in [0.15, 0.2) is 36.4 Å². The molecule has 0 radical (unpaired) electrons. The predicted molar refractivity (Wildman–Crippen MR) is 106 cm³/mol. The monoisotopic (exact) mass is 392 g/mol. The van der Waals surface area contributed by atoms with Crippen LogP contribution in [0.25, 0.3) is 0 Å². The molecule has 1 fully saturated rings. The molecule has 2 aromatic carbocycles. The van der Waals surface area contributed by atoms with E-state index >= 15 is 0 Å². The molecule has 26 heavy (non-hydrogen) atoms. The lowest BCUT2D eigenvalue weighted by Crippen LogP contribution is -2.37. The highest BCUT2D eigenvalue weighted by molar-refractivity contribution is 7.92. The Bertz CT molecular complexity index is 957. The van der Waals surface area contributed by atoms with E-state index in [4.69, 9.17) is 11.6 Å². The van der Waals surface area contributed by atoms with Crippen molar-refractivity contribution in [2.75, 3.05) is 21.9 Å². The van der Waals surface area contributed by atoms with Gasteiger partial charge in [-0.25, -0.2) is 8.42 Å². The van der Waals surface area contributed by atoms with Gasteiger partial charge in [0.15, 0.2) is 0 Å². The van der Waals surface area contributed by atoms with Gasteiger partial charge >= 0.3 is 0 Å². The largest absolute Gasteiger partial charge is 0.322 e. The van der Waals surface area contributed by atoms with Gasteiger partial charge in [0, 0.05) is 12.2 Å². The summed E-state index contributed by atoms with van der Waals surface area (Å²) in [7, 11) is -3.31. The fourth-order valence-electron chi connectivity index (χ4n) is 3.00. The summed E-state index contributed by atoms with van der Waals surface area (Å²) in [6.07, 6.45) is 1.48. The fourth-order valence-corrected chi connectivity index (χ4v) is 4.89. The second-order valence-corrected chi connectivity index (χ2v) is 8.88. The van der Waals surface area contributed by atoms with E-state index in [0.717, 1.165) is 23.2 Å². The molecule has 2 aromatic rings. The number of anilines is 2. The third kappa shape index (κ3) is 3.71. The SMILES string of the molecule is Cc1cccc(NC(=O)c2ccc(N3CCCCS3(=O)=O)cc2Cl)c1C. The van der Waals surface area contributed by atoms with Gasteiger partial charge in [0.1, 0.15) is 0 Å². The Balaban J connectivity index is 1.85. The van der Waals surface area contributed by atoms with E-state index in [2.05, 4.69) is 5.32 Å². The molecular weight excluding hydrogens is 372 g/mol. The van der Waals surface area contributed by atoms with Crippen molar-refractivity contribution in [3.8, 4) is 0 Å². The highest BCUT2D eigenvalue weighted by Crippen LogP contribution is 2.29. The lowest BCUT2D eigenvalue weighted by Gasteiger charge is -2.28. The third-order valence-electron chi connectivity index (χ3n) is 4.69. The van der Waals surface area contributed by atoms with Crippen molar-refractivity contribution in [3.05, 3.63) is 58.1 Å². The first-order valence-electron chi connectivity index (χ1n) is 8.47. The number of hydrogen-bond acceptors (Lipinski definition) is 3. The molecule has 0 saturated carbocycles. The van der Waals surface area contributed by atoms with Crippen LogP contribution in [0.3, 0.4) is 0 Å². The summed E-state index contributed by atoms with van der Waals surface area (Å²) in [4.78, 5) is 12.6. The Morgan fingerprint density at radius 2 is 1.92 bits per heavy atom. The molecule has 7 heteroatoms. The van der Waals surface area contributed by atoms with Crippen LogP contribution in [0.1, 0.15) is 34.3 Å². The number of benzene rings is 2. The molecule has 0 bridgehead atoms. The maximum absolute atomic E-state index is 12.6. The maximum atomic E-state index is 12.6. The van der Waals surface area contributed by atoms with E-state index in [1.54, 1.807) is 18.2 Å². The number of aryl methyl sites for hydroxylation is 1. The minimum absolute atomic E-state index is 0.138. The Labute approximate surface area is 159 Å². The van der Waals surface area contributed by atoms with Crippen molar-refractivity contribution < 1.29 is 13.2 Å². The second-order valence-electron chi connectivity index (χ2n) is 6.46. The second kappa shape index (κ2) is 7.29. The molecule has 1 N–H and O–H groups in total. The molecule has 1 heterocycles. The number of nitrogens with zero attached hydrogens (tertiary/aromatic N) is 1. The number of carbonyl (C=O) groups excluding carboxylic acids is 1. The molecule has 0 spiro atoms. The lowest BCUT2D eigenvalue weighted by molar-refractivity contribution is 0.102. The minimum atomic E-state index is -3.31. The minimum Gasteiger partial charge on any atom is -0.322 e. The van der Waals surface area contributed by atoms with E-state index < -0.39 is 10.0 Å². The molecule has 0 atom stereocenters. The normalized spacial score (nSPS) is 16.3. The fraction of sp³-hybridized carbons (Fsp3) is 0.316. The number of nitrogens with one attached hydrogen (secondary N) is 1. The molecule has 0 unspecified atom stereocenters. The topological polar surface area (TPSA) is 66.5 Å². The standard InChI is InChI=1S/C19H21ClN2O3S/c1-13-6-5-7-18(14(13)2)21-19(23)16-9-8-15(12-17(16)20)22-10-3-4-11-26(22,24)25/h5-9,12H,3-4,10-11H2,1-2H3,(H,21,23). The maximum Gasteiger partial charge on any atom is 0.257 e. The van der Waals surface area contributed by atoms with Crippen LogP contribution in [0.5, 0.6) is 0 Å². The van der Waals surface area contributed by atoms with Crippen LogP contribution in [-0.2, 0) is 10.0 Å². The number of hydrogen-bond donors (Lipinski definition) is 1. The van der Waals surface area contributed by atoms with Gasteiger partial charge in [0.2, 0.25) is 10.0 Å². The van der Waals surface area contributed by atoms with Crippen molar-refractivity contribution >= 4 is 38.9 Å². The highest BCUT2D eigenvalue weighted by atomic mass is 35.5. The molecule has 1 amide bonds. The van der Waals surface area contributed by atoms with Gasteiger partial charge in [0.25, 0.3) is 5.91 Å². The third-order valence-corrected chi connectivity index (χ3v) is 6.87. The Morgan fingerprint density at radius 3 is 2.62 bits per heavy atom. The number of sulfonamides is 1. The lowest BCUT2D eigenvalue weighted by atomic mass is 10.1. The van der Waals surface area contributed by atoms with E-state index in [1.165, 1.54) is 4.31 Å². The Kier molecular flexibility index (Phi) is 5.25. The van der Waals surface area contributed by atoms with Gasteiger partial charge in [0.05, 0.1) is 22.0 Å². The van der Waals surface area contributed by atoms with Crippen molar-refractivity contribution in [1.29, 1.82) is 0 Å². The van der Waals surface area contributed by atoms with Gasteiger partial charge in [-0.1, -0.05) is 23.7 Å². The van der Waals surface area contributed by atoms with Crippen molar-refractivity contribution in [1.82, 2.24) is 0 Å². The number of halogens is 1. The van der Waals surface area contributed by atoms with E-state index in [0.29, 0.717) is 24.2 Å².